The minimum absolute atomic E-state index is 0. The van der Waals surface area contributed by atoms with Crippen molar-refractivity contribution in [3.63, 3.8) is 0 Å². The molecular weight excluding hydrogens is 304 g/mol. The lowest BCUT2D eigenvalue weighted by molar-refractivity contribution is 0.0612. The van der Waals surface area contributed by atoms with E-state index in [1.807, 2.05) is 0 Å². The average molecular weight is 327 g/mol. The first-order chi connectivity index (χ1) is 9.76. The van der Waals surface area contributed by atoms with E-state index >= 15 is 0 Å². The molecule has 0 atom stereocenters. The Bertz CT molecular complexity index is 505. The summed E-state index contributed by atoms with van der Waals surface area (Å²) in [6.45, 7) is 4.21. The number of carbonyl (C=O) groups is 1. The van der Waals surface area contributed by atoms with Gasteiger partial charge in [0.15, 0.2) is 0 Å². The minimum atomic E-state index is 0. The van der Waals surface area contributed by atoms with Gasteiger partial charge in [0.1, 0.15) is 0 Å². The summed E-state index contributed by atoms with van der Waals surface area (Å²) in [5, 5.41) is 3.48. The van der Waals surface area contributed by atoms with Gasteiger partial charge in [-0.3, -0.25) is 4.79 Å². The van der Waals surface area contributed by atoms with E-state index in [1.54, 1.807) is 11.3 Å². The van der Waals surface area contributed by atoms with E-state index in [0.717, 1.165) is 31.1 Å². The van der Waals surface area contributed by atoms with Crippen LogP contribution < -0.4 is 5.32 Å². The molecule has 3 heterocycles. The van der Waals surface area contributed by atoms with E-state index in [-0.39, 0.29) is 18.3 Å². The van der Waals surface area contributed by atoms with E-state index < -0.39 is 0 Å². The van der Waals surface area contributed by atoms with Gasteiger partial charge in [0.2, 0.25) is 0 Å². The number of fused-ring (bicyclic) bond motifs is 1. The Balaban J connectivity index is 0.00000132. The number of nitrogens with one attached hydrogen (secondary N) is 1. The summed E-state index contributed by atoms with van der Waals surface area (Å²) in [4.78, 5) is 17.2. The molecule has 0 radical (unpaired) electrons. The molecule has 0 unspecified atom stereocenters. The van der Waals surface area contributed by atoms with Crippen molar-refractivity contribution in [2.45, 2.75) is 38.5 Å². The van der Waals surface area contributed by atoms with Crippen molar-refractivity contribution in [1.82, 2.24) is 10.2 Å². The molecule has 2 fully saturated rings. The highest BCUT2D eigenvalue weighted by Crippen LogP contribution is 2.38. The number of piperidine rings is 1. The van der Waals surface area contributed by atoms with Crippen LogP contribution in [0.2, 0.25) is 0 Å². The SMILES string of the molecule is Cl.O=C(c1cc2c(s1)CCC2)N1CCC2(CCNC2)CC1. The first-order valence-electron chi connectivity index (χ1n) is 7.87. The van der Waals surface area contributed by atoms with E-state index in [4.69, 9.17) is 0 Å². The van der Waals surface area contributed by atoms with Crippen molar-refractivity contribution in [1.29, 1.82) is 0 Å². The van der Waals surface area contributed by atoms with Crippen molar-refractivity contribution in [3.8, 4) is 0 Å². The molecule has 4 rings (SSSR count). The van der Waals surface area contributed by atoms with E-state index in [0.29, 0.717) is 5.41 Å². The van der Waals surface area contributed by atoms with Gasteiger partial charge in [0.25, 0.3) is 5.91 Å². The molecule has 3 nitrogen and oxygen atoms in total. The summed E-state index contributed by atoms with van der Waals surface area (Å²) < 4.78 is 0. The van der Waals surface area contributed by atoms with Crippen LogP contribution in [0, 0.1) is 5.41 Å². The minimum Gasteiger partial charge on any atom is -0.338 e. The van der Waals surface area contributed by atoms with Crippen LogP contribution in [-0.2, 0) is 12.8 Å². The molecule has 0 aromatic carbocycles. The molecule has 3 aliphatic rings. The topological polar surface area (TPSA) is 32.3 Å². The van der Waals surface area contributed by atoms with Crippen LogP contribution in [0.1, 0.15) is 45.8 Å². The Hall–Kier alpha value is -0.580. The highest BCUT2D eigenvalue weighted by molar-refractivity contribution is 7.14. The molecule has 0 bridgehead atoms. The summed E-state index contributed by atoms with van der Waals surface area (Å²) >= 11 is 1.74. The van der Waals surface area contributed by atoms with Crippen LogP contribution in [0.3, 0.4) is 0 Å². The van der Waals surface area contributed by atoms with Gasteiger partial charge in [-0.05, 0) is 62.1 Å². The van der Waals surface area contributed by atoms with Gasteiger partial charge in [-0.25, -0.2) is 0 Å². The second-order valence-corrected chi connectivity index (χ2v) is 7.77. The first kappa shape index (κ1) is 15.3. The van der Waals surface area contributed by atoms with Crippen molar-refractivity contribution in [2.24, 2.45) is 5.41 Å². The summed E-state index contributed by atoms with van der Waals surface area (Å²) in [6.07, 6.45) is 7.28. The van der Waals surface area contributed by atoms with E-state index in [1.165, 1.54) is 49.0 Å². The molecule has 1 spiro atoms. The number of thiophene rings is 1. The van der Waals surface area contributed by atoms with Crippen LogP contribution in [0.15, 0.2) is 6.07 Å². The number of carbonyl (C=O) groups excluding carboxylic acids is 1. The fraction of sp³-hybridized carbons (Fsp3) is 0.688. The maximum Gasteiger partial charge on any atom is 0.263 e. The van der Waals surface area contributed by atoms with Crippen molar-refractivity contribution in [2.75, 3.05) is 26.2 Å². The van der Waals surface area contributed by atoms with Crippen LogP contribution in [0.4, 0.5) is 0 Å². The molecule has 0 saturated carbocycles. The highest BCUT2D eigenvalue weighted by Gasteiger charge is 2.38. The predicted molar refractivity (Wildman–Crippen MR) is 88.6 cm³/mol. The number of amides is 1. The van der Waals surface area contributed by atoms with Crippen molar-refractivity contribution in [3.05, 3.63) is 21.4 Å². The van der Waals surface area contributed by atoms with Gasteiger partial charge in [0, 0.05) is 24.5 Å². The zero-order valence-corrected chi connectivity index (χ0v) is 14.0. The number of aryl methyl sites for hydroxylation is 2. The van der Waals surface area contributed by atoms with Crippen molar-refractivity contribution >= 4 is 29.7 Å². The number of likely N-dealkylation sites (tertiary alicyclic amines) is 1. The third kappa shape index (κ3) is 2.73. The number of hydrogen-bond acceptors (Lipinski definition) is 3. The predicted octanol–water partition coefficient (Wildman–Crippen LogP) is 2.87. The fourth-order valence-electron chi connectivity index (χ4n) is 4.00. The third-order valence-electron chi connectivity index (χ3n) is 5.40. The Morgan fingerprint density at radius 3 is 2.71 bits per heavy atom. The van der Waals surface area contributed by atoms with Gasteiger partial charge in [0.05, 0.1) is 4.88 Å². The van der Waals surface area contributed by atoms with E-state index in [9.17, 15) is 4.79 Å². The van der Waals surface area contributed by atoms with Crippen molar-refractivity contribution < 1.29 is 4.79 Å². The van der Waals surface area contributed by atoms with Gasteiger partial charge in [-0.2, -0.15) is 0 Å². The van der Waals surface area contributed by atoms with Gasteiger partial charge in [-0.15, -0.1) is 23.7 Å². The number of nitrogens with zero attached hydrogens (tertiary/aromatic N) is 1. The fourth-order valence-corrected chi connectivity index (χ4v) is 5.22. The molecule has 1 aromatic heterocycles. The monoisotopic (exact) mass is 326 g/mol. The average Bonchev–Trinajstić information content (AvgIpc) is 3.14. The van der Waals surface area contributed by atoms with Crippen LogP contribution in [-0.4, -0.2) is 37.0 Å². The quantitative estimate of drug-likeness (QED) is 0.860. The zero-order chi connectivity index (χ0) is 13.6. The van der Waals surface area contributed by atoms with E-state index in [2.05, 4.69) is 16.3 Å². The summed E-state index contributed by atoms with van der Waals surface area (Å²) in [6, 6.07) is 2.16. The van der Waals surface area contributed by atoms with Gasteiger partial charge in [-0.1, -0.05) is 0 Å². The van der Waals surface area contributed by atoms with Crippen LogP contribution >= 0.6 is 23.7 Å². The standard InChI is InChI=1S/C16H22N2OS.ClH/c19-15(14-10-12-2-1-3-13(12)20-14)18-8-5-16(6-9-18)4-7-17-11-16;/h10,17H,1-9,11H2;1H. The number of halogens is 1. The number of hydrogen-bond donors (Lipinski definition) is 1. The van der Waals surface area contributed by atoms with Gasteiger partial charge < -0.3 is 10.2 Å². The Labute approximate surface area is 136 Å². The van der Waals surface area contributed by atoms with Crippen LogP contribution in [0.5, 0.6) is 0 Å². The second-order valence-electron chi connectivity index (χ2n) is 6.63. The molecule has 1 amide bonds. The molecule has 116 valence electrons. The normalized spacial score (nSPS) is 23.1. The molecule has 1 N–H and O–H groups in total. The lowest BCUT2D eigenvalue weighted by atomic mass is 9.78. The number of rotatable bonds is 1. The lowest BCUT2D eigenvalue weighted by Gasteiger charge is -2.38. The van der Waals surface area contributed by atoms with Gasteiger partial charge >= 0.3 is 0 Å². The molecule has 1 aromatic rings. The molecule has 1 aliphatic carbocycles. The second kappa shape index (κ2) is 5.90. The smallest absolute Gasteiger partial charge is 0.263 e. The maximum atomic E-state index is 12.6. The Morgan fingerprint density at radius 1 is 1.24 bits per heavy atom. The molecule has 2 aliphatic heterocycles. The molecule has 2 saturated heterocycles. The molecule has 21 heavy (non-hydrogen) atoms. The summed E-state index contributed by atoms with van der Waals surface area (Å²) in [5.41, 5.74) is 1.93. The highest BCUT2D eigenvalue weighted by atomic mass is 35.5. The Morgan fingerprint density at radius 2 is 2.05 bits per heavy atom. The third-order valence-corrected chi connectivity index (χ3v) is 6.63. The van der Waals surface area contributed by atoms with Crippen LogP contribution in [0.25, 0.3) is 0 Å². The zero-order valence-electron chi connectivity index (χ0n) is 12.3. The largest absolute Gasteiger partial charge is 0.338 e. The lowest BCUT2D eigenvalue weighted by Crippen LogP contribution is -2.43. The summed E-state index contributed by atoms with van der Waals surface area (Å²) in [5.74, 6) is 0.283. The Kier molecular flexibility index (Phi) is 4.30. The molecular formula is C16H23ClN2OS. The first-order valence-corrected chi connectivity index (χ1v) is 8.69. The molecule has 5 heteroatoms. The maximum absolute atomic E-state index is 12.6. The summed E-state index contributed by atoms with van der Waals surface area (Å²) in [7, 11) is 0.